The van der Waals surface area contributed by atoms with Gasteiger partial charge in [-0.25, -0.2) is 0 Å². The summed E-state index contributed by atoms with van der Waals surface area (Å²) in [5.74, 6) is 0.463. The summed E-state index contributed by atoms with van der Waals surface area (Å²) in [5.41, 5.74) is 7.76. The van der Waals surface area contributed by atoms with Gasteiger partial charge in [-0.3, -0.25) is 4.79 Å². The molecule has 1 aliphatic rings. The fraction of sp³-hybridized carbons (Fsp3) is 0.222. The van der Waals surface area contributed by atoms with Gasteiger partial charge in [-0.2, -0.15) is 0 Å². The van der Waals surface area contributed by atoms with Crippen LogP contribution in [0.25, 0.3) is 0 Å². The second-order valence-corrected chi connectivity index (χ2v) is 3.02. The minimum Gasteiger partial charge on any atom is -0.482 e. The first-order chi connectivity index (χ1) is 6.70. The van der Waals surface area contributed by atoms with Crippen molar-refractivity contribution >= 4 is 23.0 Å². The summed E-state index contributed by atoms with van der Waals surface area (Å²) in [6.45, 7) is 0.0470. The third-order valence-electron chi connectivity index (χ3n) is 2.05. The van der Waals surface area contributed by atoms with Crippen LogP contribution in [0.4, 0.5) is 17.1 Å². The second kappa shape index (κ2) is 3.10. The van der Waals surface area contributed by atoms with E-state index in [1.165, 1.54) is 0 Å². The molecule has 0 saturated carbocycles. The molecule has 5 heteroatoms. The summed E-state index contributed by atoms with van der Waals surface area (Å²) >= 11 is 0. The molecule has 0 fully saturated rings. The lowest BCUT2D eigenvalue weighted by Gasteiger charge is -2.19. The first-order valence-electron chi connectivity index (χ1n) is 4.24. The van der Waals surface area contributed by atoms with E-state index in [-0.39, 0.29) is 12.5 Å². The quantitative estimate of drug-likeness (QED) is 0.572. The molecule has 0 spiro atoms. The molecule has 0 atom stereocenters. The Balaban J connectivity index is 2.46. The summed E-state index contributed by atoms with van der Waals surface area (Å²) in [6, 6.07) is 3.45. The summed E-state index contributed by atoms with van der Waals surface area (Å²) in [4.78, 5) is 11.0. The number of carbonyl (C=O) groups is 1. The zero-order chi connectivity index (χ0) is 10.1. The Morgan fingerprint density at radius 1 is 1.57 bits per heavy atom. The fourth-order valence-electron chi connectivity index (χ4n) is 1.36. The molecule has 74 valence electrons. The lowest BCUT2D eigenvalue weighted by Crippen LogP contribution is -2.25. The Bertz CT molecular complexity index is 390. The predicted molar refractivity (Wildman–Crippen MR) is 54.5 cm³/mol. The van der Waals surface area contributed by atoms with E-state index in [9.17, 15) is 4.79 Å². The Hall–Kier alpha value is -1.91. The maximum atomic E-state index is 11.0. The van der Waals surface area contributed by atoms with Gasteiger partial charge in [0.15, 0.2) is 6.61 Å². The highest BCUT2D eigenvalue weighted by Crippen LogP contribution is 2.34. The Labute approximate surface area is 81.2 Å². The minimum atomic E-state index is -0.149. The maximum Gasteiger partial charge on any atom is 0.262 e. The van der Waals surface area contributed by atoms with Crippen LogP contribution in [0.15, 0.2) is 12.1 Å². The molecule has 0 radical (unpaired) electrons. The van der Waals surface area contributed by atoms with E-state index in [2.05, 4.69) is 10.6 Å². The number of anilines is 3. The van der Waals surface area contributed by atoms with Crippen LogP contribution in [0.3, 0.4) is 0 Å². The number of hydrogen-bond donors (Lipinski definition) is 3. The van der Waals surface area contributed by atoms with Gasteiger partial charge in [-0.15, -0.1) is 0 Å². The highest BCUT2D eigenvalue weighted by Gasteiger charge is 2.17. The van der Waals surface area contributed by atoms with Gasteiger partial charge in [-0.05, 0) is 6.07 Å². The Kier molecular flexibility index (Phi) is 1.92. The van der Waals surface area contributed by atoms with Crippen molar-refractivity contribution < 1.29 is 9.53 Å². The molecule has 1 aromatic rings. The monoisotopic (exact) mass is 193 g/mol. The van der Waals surface area contributed by atoms with E-state index >= 15 is 0 Å². The third kappa shape index (κ3) is 1.32. The number of rotatable bonds is 1. The van der Waals surface area contributed by atoms with Gasteiger partial charge in [0.05, 0.1) is 17.1 Å². The van der Waals surface area contributed by atoms with E-state index in [1.54, 1.807) is 19.2 Å². The van der Waals surface area contributed by atoms with E-state index in [0.717, 1.165) is 5.69 Å². The first-order valence-corrected chi connectivity index (χ1v) is 4.24. The van der Waals surface area contributed by atoms with Crippen molar-refractivity contribution in [2.75, 3.05) is 30.0 Å². The number of nitrogens with two attached hydrogens (primary N) is 1. The van der Waals surface area contributed by atoms with Crippen molar-refractivity contribution in [3.05, 3.63) is 12.1 Å². The molecular formula is C9H11N3O2. The third-order valence-corrected chi connectivity index (χ3v) is 2.05. The number of nitrogen functional groups attached to an aromatic ring is 1. The number of amides is 1. The molecule has 1 aromatic carbocycles. The Morgan fingerprint density at radius 2 is 2.36 bits per heavy atom. The van der Waals surface area contributed by atoms with Crippen LogP contribution in [0, 0.1) is 0 Å². The van der Waals surface area contributed by atoms with Crippen LogP contribution in [0.5, 0.6) is 5.75 Å². The van der Waals surface area contributed by atoms with Crippen LogP contribution < -0.4 is 21.1 Å². The van der Waals surface area contributed by atoms with Gasteiger partial charge >= 0.3 is 0 Å². The first kappa shape index (κ1) is 8.68. The molecule has 0 unspecified atom stereocenters. The summed E-state index contributed by atoms with van der Waals surface area (Å²) < 4.78 is 5.20. The standard InChI is InChI=1S/C9H11N3O2/c1-11-6-3-7-8(2-5(6)10)14-4-9(13)12-7/h2-3,11H,4,10H2,1H3,(H,12,13). The molecule has 0 aromatic heterocycles. The molecule has 0 bridgehead atoms. The molecule has 14 heavy (non-hydrogen) atoms. The van der Waals surface area contributed by atoms with Crippen molar-refractivity contribution in [1.82, 2.24) is 0 Å². The van der Waals surface area contributed by atoms with Crippen LogP contribution in [0.2, 0.25) is 0 Å². The number of nitrogens with one attached hydrogen (secondary N) is 2. The Morgan fingerprint density at radius 3 is 3.07 bits per heavy atom. The van der Waals surface area contributed by atoms with E-state index in [1.807, 2.05) is 0 Å². The van der Waals surface area contributed by atoms with Gasteiger partial charge in [0, 0.05) is 13.1 Å². The molecule has 5 nitrogen and oxygen atoms in total. The van der Waals surface area contributed by atoms with Gasteiger partial charge in [-0.1, -0.05) is 0 Å². The zero-order valence-corrected chi connectivity index (χ0v) is 7.76. The van der Waals surface area contributed by atoms with Gasteiger partial charge in [0.25, 0.3) is 5.91 Å². The van der Waals surface area contributed by atoms with Crippen LogP contribution in [-0.4, -0.2) is 19.6 Å². The number of ether oxygens (including phenoxy) is 1. The van der Waals surface area contributed by atoms with Gasteiger partial charge < -0.3 is 21.1 Å². The summed E-state index contributed by atoms with van der Waals surface area (Å²) in [6.07, 6.45) is 0. The summed E-state index contributed by atoms with van der Waals surface area (Å²) in [7, 11) is 1.77. The molecule has 1 aliphatic heterocycles. The normalized spacial score (nSPS) is 13.9. The molecule has 0 saturated heterocycles. The van der Waals surface area contributed by atoms with Crippen molar-refractivity contribution in [3.8, 4) is 5.75 Å². The zero-order valence-electron chi connectivity index (χ0n) is 7.76. The van der Waals surface area contributed by atoms with E-state index in [4.69, 9.17) is 10.5 Å². The van der Waals surface area contributed by atoms with Gasteiger partial charge in [0.1, 0.15) is 5.75 Å². The average molecular weight is 193 g/mol. The van der Waals surface area contributed by atoms with Crippen LogP contribution in [-0.2, 0) is 4.79 Å². The molecule has 1 amide bonds. The number of fused-ring (bicyclic) bond motifs is 1. The molecule has 4 N–H and O–H groups in total. The predicted octanol–water partition coefficient (Wildman–Crippen LogP) is 0.641. The van der Waals surface area contributed by atoms with Crippen LogP contribution in [0.1, 0.15) is 0 Å². The lowest BCUT2D eigenvalue weighted by atomic mass is 10.2. The van der Waals surface area contributed by atoms with Crippen molar-refractivity contribution in [2.24, 2.45) is 0 Å². The molecule has 2 rings (SSSR count). The average Bonchev–Trinajstić information content (AvgIpc) is 2.17. The summed E-state index contributed by atoms with van der Waals surface area (Å²) in [5, 5.41) is 5.63. The smallest absolute Gasteiger partial charge is 0.262 e. The van der Waals surface area contributed by atoms with Crippen molar-refractivity contribution in [1.29, 1.82) is 0 Å². The topological polar surface area (TPSA) is 76.4 Å². The second-order valence-electron chi connectivity index (χ2n) is 3.02. The SMILES string of the molecule is CNc1cc2c(cc1N)OCC(=O)N2. The van der Waals surface area contributed by atoms with Crippen molar-refractivity contribution in [3.63, 3.8) is 0 Å². The lowest BCUT2D eigenvalue weighted by molar-refractivity contribution is -0.118. The maximum absolute atomic E-state index is 11.0. The number of hydrogen-bond acceptors (Lipinski definition) is 4. The molecular weight excluding hydrogens is 182 g/mol. The number of carbonyl (C=O) groups excluding carboxylic acids is 1. The van der Waals surface area contributed by atoms with Gasteiger partial charge in [0.2, 0.25) is 0 Å². The highest BCUT2D eigenvalue weighted by molar-refractivity contribution is 5.97. The van der Waals surface area contributed by atoms with Crippen LogP contribution >= 0.6 is 0 Å². The van der Waals surface area contributed by atoms with Crippen molar-refractivity contribution in [2.45, 2.75) is 0 Å². The molecule has 1 heterocycles. The highest BCUT2D eigenvalue weighted by atomic mass is 16.5. The molecule has 0 aliphatic carbocycles. The fourth-order valence-corrected chi connectivity index (χ4v) is 1.36. The number of benzene rings is 1. The minimum absolute atomic E-state index is 0.0470. The largest absolute Gasteiger partial charge is 0.482 e. The van der Waals surface area contributed by atoms with E-state index < -0.39 is 0 Å². The van der Waals surface area contributed by atoms with E-state index in [0.29, 0.717) is 17.1 Å².